The highest BCUT2D eigenvalue weighted by atomic mass is 35.5. The summed E-state index contributed by atoms with van der Waals surface area (Å²) in [5.41, 5.74) is 2.67. The minimum atomic E-state index is -0.199. The number of nitrogens with zero attached hydrogens (tertiary/aromatic N) is 1. The normalized spacial score (nSPS) is 11.1. The fraction of sp³-hybridized carbons (Fsp3) is 0.120. The fourth-order valence-electron chi connectivity index (χ4n) is 3.65. The van der Waals surface area contributed by atoms with Crippen molar-refractivity contribution in [1.82, 2.24) is 4.57 Å². The zero-order chi connectivity index (χ0) is 23.7. The van der Waals surface area contributed by atoms with Crippen molar-refractivity contribution in [2.75, 3.05) is 7.11 Å². The van der Waals surface area contributed by atoms with Crippen molar-refractivity contribution in [2.45, 2.75) is 18.2 Å². The van der Waals surface area contributed by atoms with Crippen LogP contribution in [-0.2, 0) is 11.2 Å². The van der Waals surface area contributed by atoms with E-state index in [1.165, 1.54) is 0 Å². The Morgan fingerprint density at radius 1 is 0.939 bits per heavy atom. The quantitative estimate of drug-likeness (QED) is 0.257. The van der Waals surface area contributed by atoms with Crippen LogP contribution in [0.1, 0.15) is 21.6 Å². The maximum absolute atomic E-state index is 13.4. The number of aromatic nitrogens is 1. The topological polar surface area (TPSA) is 48.3 Å². The molecule has 168 valence electrons. The molecule has 0 aliphatic carbocycles. The number of hydrogen-bond acceptors (Lipinski definition) is 4. The first-order valence-electron chi connectivity index (χ1n) is 9.92. The Morgan fingerprint density at radius 3 is 2.33 bits per heavy atom. The van der Waals surface area contributed by atoms with E-state index < -0.39 is 0 Å². The van der Waals surface area contributed by atoms with Crippen LogP contribution < -0.4 is 4.74 Å². The number of benzene rings is 3. The summed E-state index contributed by atoms with van der Waals surface area (Å²) in [6.07, 6.45) is 0.126. The molecule has 0 spiro atoms. The molecule has 0 aliphatic heterocycles. The molecule has 4 rings (SSSR count). The van der Waals surface area contributed by atoms with Crippen molar-refractivity contribution in [3.63, 3.8) is 0 Å². The molecule has 1 aromatic heterocycles. The van der Waals surface area contributed by atoms with Gasteiger partial charge in [-0.1, -0.05) is 46.6 Å². The largest absolute Gasteiger partial charge is 0.497 e. The standard InChI is InChI=1S/C25H18Cl3NO3S/c1-14-19(13-24(30)33-18-8-9-21(27)22(28)12-18)20-11-17(32-2)7-10-23(20)29(14)25(31)15-3-5-16(26)6-4-15/h3-12H,13H2,1-2H3. The summed E-state index contributed by atoms with van der Waals surface area (Å²) >= 11 is 19.1. The van der Waals surface area contributed by atoms with Gasteiger partial charge in [0.1, 0.15) is 5.75 Å². The van der Waals surface area contributed by atoms with Crippen molar-refractivity contribution in [3.8, 4) is 5.75 Å². The van der Waals surface area contributed by atoms with E-state index in [0.717, 1.165) is 22.7 Å². The van der Waals surface area contributed by atoms with Gasteiger partial charge in [-0.3, -0.25) is 14.2 Å². The van der Waals surface area contributed by atoms with Crippen molar-refractivity contribution < 1.29 is 14.3 Å². The molecule has 3 aromatic carbocycles. The second-order valence-corrected chi connectivity index (χ2v) is 9.70. The van der Waals surface area contributed by atoms with Crippen LogP contribution in [0.3, 0.4) is 0 Å². The number of halogens is 3. The first kappa shape index (κ1) is 23.7. The molecule has 0 atom stereocenters. The smallest absolute Gasteiger partial charge is 0.262 e. The molecule has 4 nitrogen and oxygen atoms in total. The minimum Gasteiger partial charge on any atom is -0.497 e. The SMILES string of the molecule is COc1ccc2c(c1)c(CC(=O)Sc1ccc(Cl)c(Cl)c1)c(C)n2C(=O)c1ccc(Cl)cc1. The van der Waals surface area contributed by atoms with E-state index in [-0.39, 0.29) is 17.4 Å². The number of fused-ring (bicyclic) bond motifs is 1. The van der Waals surface area contributed by atoms with E-state index in [9.17, 15) is 9.59 Å². The molecule has 0 saturated carbocycles. The lowest BCUT2D eigenvalue weighted by Crippen LogP contribution is -2.14. The Balaban J connectivity index is 1.74. The van der Waals surface area contributed by atoms with Crippen molar-refractivity contribution >= 4 is 68.5 Å². The summed E-state index contributed by atoms with van der Waals surface area (Å²) in [5.74, 6) is 0.444. The van der Waals surface area contributed by atoms with Crippen LogP contribution in [0.5, 0.6) is 5.75 Å². The summed E-state index contributed by atoms with van der Waals surface area (Å²) in [6, 6.07) is 17.3. The second-order valence-electron chi connectivity index (χ2n) is 7.32. The summed E-state index contributed by atoms with van der Waals surface area (Å²) in [6.45, 7) is 1.84. The molecule has 0 aliphatic rings. The highest BCUT2D eigenvalue weighted by Crippen LogP contribution is 2.33. The van der Waals surface area contributed by atoms with E-state index in [1.807, 2.05) is 19.1 Å². The Hall–Kier alpha value is -2.44. The van der Waals surface area contributed by atoms with Gasteiger partial charge in [0.15, 0.2) is 5.12 Å². The van der Waals surface area contributed by atoms with Gasteiger partial charge < -0.3 is 4.74 Å². The molecule has 0 unspecified atom stereocenters. The highest BCUT2D eigenvalue weighted by molar-refractivity contribution is 8.13. The fourth-order valence-corrected chi connectivity index (χ4v) is 4.93. The molecule has 0 fully saturated rings. The monoisotopic (exact) mass is 517 g/mol. The van der Waals surface area contributed by atoms with Crippen LogP contribution in [0.25, 0.3) is 10.9 Å². The Morgan fingerprint density at radius 2 is 1.67 bits per heavy atom. The van der Waals surface area contributed by atoms with Crippen LogP contribution in [0, 0.1) is 6.92 Å². The van der Waals surface area contributed by atoms with Gasteiger partial charge in [0.05, 0.1) is 22.7 Å². The summed E-state index contributed by atoms with van der Waals surface area (Å²) in [5, 5.41) is 2.08. The van der Waals surface area contributed by atoms with E-state index in [1.54, 1.807) is 60.2 Å². The van der Waals surface area contributed by atoms with Gasteiger partial charge in [0, 0.05) is 33.0 Å². The number of carbonyl (C=O) groups excluding carboxylic acids is 2. The first-order chi connectivity index (χ1) is 15.8. The van der Waals surface area contributed by atoms with Gasteiger partial charge >= 0.3 is 0 Å². The van der Waals surface area contributed by atoms with Gasteiger partial charge in [0.25, 0.3) is 5.91 Å². The third-order valence-corrected chi connectivity index (χ3v) is 7.13. The van der Waals surface area contributed by atoms with E-state index >= 15 is 0 Å². The van der Waals surface area contributed by atoms with Crippen molar-refractivity contribution in [3.05, 3.63) is 92.6 Å². The number of rotatable bonds is 5. The molecular weight excluding hydrogens is 501 g/mol. The molecular formula is C25H18Cl3NO3S. The summed E-state index contributed by atoms with van der Waals surface area (Å²) in [7, 11) is 1.58. The predicted molar refractivity (Wildman–Crippen MR) is 135 cm³/mol. The number of carbonyl (C=O) groups is 2. The molecule has 0 N–H and O–H groups in total. The number of methoxy groups -OCH3 is 1. The van der Waals surface area contributed by atoms with E-state index in [0.29, 0.717) is 42.5 Å². The average Bonchev–Trinajstić information content (AvgIpc) is 3.06. The molecule has 0 saturated heterocycles. The van der Waals surface area contributed by atoms with Crippen LogP contribution in [0.15, 0.2) is 65.6 Å². The molecule has 33 heavy (non-hydrogen) atoms. The molecule has 8 heteroatoms. The number of hydrogen-bond donors (Lipinski definition) is 0. The summed E-state index contributed by atoms with van der Waals surface area (Å²) < 4.78 is 7.01. The summed E-state index contributed by atoms with van der Waals surface area (Å²) in [4.78, 5) is 27.0. The lowest BCUT2D eigenvalue weighted by atomic mass is 10.1. The van der Waals surface area contributed by atoms with Gasteiger partial charge in [-0.15, -0.1) is 0 Å². The third-order valence-electron chi connectivity index (χ3n) is 5.28. The predicted octanol–water partition coefficient (Wildman–Crippen LogP) is 7.47. The Labute approximate surface area is 210 Å². The molecule has 4 aromatic rings. The third kappa shape index (κ3) is 4.92. The van der Waals surface area contributed by atoms with Crippen LogP contribution >= 0.6 is 46.6 Å². The molecule has 0 bridgehead atoms. The lowest BCUT2D eigenvalue weighted by molar-refractivity contribution is -0.110. The van der Waals surface area contributed by atoms with Crippen molar-refractivity contribution in [2.24, 2.45) is 0 Å². The maximum Gasteiger partial charge on any atom is 0.262 e. The van der Waals surface area contributed by atoms with Crippen LogP contribution in [-0.4, -0.2) is 22.7 Å². The Kier molecular flexibility index (Phi) is 7.05. The van der Waals surface area contributed by atoms with E-state index in [2.05, 4.69) is 0 Å². The second kappa shape index (κ2) is 9.82. The Bertz CT molecular complexity index is 1380. The van der Waals surface area contributed by atoms with Gasteiger partial charge in [-0.2, -0.15) is 0 Å². The highest BCUT2D eigenvalue weighted by Gasteiger charge is 2.22. The van der Waals surface area contributed by atoms with Gasteiger partial charge in [-0.05, 0) is 73.2 Å². The van der Waals surface area contributed by atoms with E-state index in [4.69, 9.17) is 39.5 Å². The number of ether oxygens (including phenoxy) is 1. The zero-order valence-corrected chi connectivity index (χ0v) is 20.8. The number of thioether (sulfide) groups is 1. The van der Waals surface area contributed by atoms with Crippen LogP contribution in [0.4, 0.5) is 0 Å². The molecule has 0 amide bonds. The van der Waals surface area contributed by atoms with Crippen molar-refractivity contribution in [1.29, 1.82) is 0 Å². The molecule has 0 radical (unpaired) electrons. The minimum absolute atomic E-state index is 0.0858. The van der Waals surface area contributed by atoms with Gasteiger partial charge in [-0.25, -0.2) is 0 Å². The zero-order valence-electron chi connectivity index (χ0n) is 17.7. The maximum atomic E-state index is 13.4. The molecule has 1 heterocycles. The first-order valence-corrected chi connectivity index (χ1v) is 11.9. The lowest BCUT2D eigenvalue weighted by Gasteiger charge is -2.08. The van der Waals surface area contributed by atoms with Crippen LogP contribution in [0.2, 0.25) is 15.1 Å². The average molecular weight is 519 g/mol. The van der Waals surface area contributed by atoms with Gasteiger partial charge in [0.2, 0.25) is 0 Å².